The van der Waals surface area contributed by atoms with Crippen molar-refractivity contribution >= 4 is 29.9 Å². The molecule has 156 valence electrons. The third kappa shape index (κ3) is 7.57. The van der Waals surface area contributed by atoms with Gasteiger partial charge in [-0.2, -0.15) is 5.10 Å². The number of aliphatic imine (C=N–C) groups is 1. The predicted molar refractivity (Wildman–Crippen MR) is 124 cm³/mol. The number of aryl methyl sites for hydroxylation is 2. The Morgan fingerprint density at radius 3 is 2.30 bits per heavy atom. The van der Waals surface area contributed by atoms with Gasteiger partial charge in [0.25, 0.3) is 0 Å². The summed E-state index contributed by atoms with van der Waals surface area (Å²) in [7, 11) is 3.81. The summed E-state index contributed by atoms with van der Waals surface area (Å²) in [5.41, 5.74) is 3.53. The van der Waals surface area contributed by atoms with Crippen LogP contribution in [0, 0.1) is 13.8 Å². The van der Waals surface area contributed by atoms with Crippen molar-refractivity contribution < 1.29 is 0 Å². The molecule has 0 aliphatic carbocycles. The monoisotopic (exact) mass is 491 g/mol. The van der Waals surface area contributed by atoms with Gasteiger partial charge in [-0.25, -0.2) is 0 Å². The van der Waals surface area contributed by atoms with Crippen LogP contribution in [0.25, 0.3) is 0 Å². The molecule has 2 heterocycles. The van der Waals surface area contributed by atoms with E-state index in [-0.39, 0.29) is 24.0 Å². The number of nitrogens with one attached hydrogen (secondary N) is 2. The number of hydrogen-bond acceptors (Lipinski definition) is 4. The summed E-state index contributed by atoms with van der Waals surface area (Å²) < 4.78 is 1.93. The van der Waals surface area contributed by atoms with Crippen LogP contribution in [-0.2, 0) is 13.6 Å². The Balaban J connectivity index is 0.00000364. The molecule has 1 aromatic rings. The number of piperazine rings is 1. The molecule has 1 aliphatic heterocycles. The lowest BCUT2D eigenvalue weighted by atomic mass is 10.2. The van der Waals surface area contributed by atoms with Crippen LogP contribution in [0.1, 0.15) is 36.7 Å². The number of hydrogen-bond donors (Lipinski definition) is 2. The third-order valence-electron chi connectivity index (χ3n) is 5.42. The lowest BCUT2D eigenvalue weighted by Gasteiger charge is -2.34. The van der Waals surface area contributed by atoms with Crippen LogP contribution in [0.2, 0.25) is 0 Å². The second-order valence-corrected chi connectivity index (χ2v) is 7.11. The quantitative estimate of drug-likeness (QED) is 0.251. The molecule has 1 aromatic heterocycles. The molecule has 2 rings (SSSR count). The second kappa shape index (κ2) is 12.6. The van der Waals surface area contributed by atoms with Gasteiger partial charge in [0.05, 0.1) is 5.69 Å². The molecule has 7 nitrogen and oxygen atoms in total. The van der Waals surface area contributed by atoms with E-state index in [2.05, 4.69) is 51.3 Å². The highest BCUT2D eigenvalue weighted by molar-refractivity contribution is 14.0. The molecule has 0 radical (unpaired) electrons. The highest BCUT2D eigenvalue weighted by Crippen LogP contribution is 2.11. The first-order valence-corrected chi connectivity index (χ1v) is 9.93. The summed E-state index contributed by atoms with van der Waals surface area (Å²) in [5, 5.41) is 11.3. The molecular weight excluding hydrogens is 453 g/mol. The number of unbranched alkanes of at least 4 members (excludes halogenated alkanes) is 1. The SMILES string of the molecule is CCN1CCN(CCCCNC(=NC)NCc2c(C)nn(C)c2C)CC1.I. The van der Waals surface area contributed by atoms with Gasteiger partial charge in [0, 0.05) is 64.6 Å². The Morgan fingerprint density at radius 2 is 1.74 bits per heavy atom. The Labute approximate surface area is 182 Å². The van der Waals surface area contributed by atoms with E-state index >= 15 is 0 Å². The fraction of sp³-hybridized carbons (Fsp3) is 0.789. The minimum Gasteiger partial charge on any atom is -0.356 e. The van der Waals surface area contributed by atoms with Crippen molar-refractivity contribution in [2.45, 2.75) is 40.2 Å². The van der Waals surface area contributed by atoms with E-state index < -0.39 is 0 Å². The molecule has 0 atom stereocenters. The van der Waals surface area contributed by atoms with E-state index in [4.69, 9.17) is 0 Å². The molecule has 1 fully saturated rings. The first-order chi connectivity index (χ1) is 12.5. The highest BCUT2D eigenvalue weighted by atomic mass is 127. The smallest absolute Gasteiger partial charge is 0.191 e. The van der Waals surface area contributed by atoms with Crippen molar-refractivity contribution in [3.05, 3.63) is 17.0 Å². The average molecular weight is 491 g/mol. The molecule has 0 amide bonds. The lowest BCUT2D eigenvalue weighted by Crippen LogP contribution is -2.46. The number of rotatable bonds is 8. The molecule has 0 spiro atoms. The Kier molecular flexibility index (Phi) is 11.2. The molecule has 0 saturated carbocycles. The van der Waals surface area contributed by atoms with E-state index in [1.165, 1.54) is 63.4 Å². The van der Waals surface area contributed by atoms with Gasteiger partial charge in [-0.3, -0.25) is 9.67 Å². The van der Waals surface area contributed by atoms with Crippen LogP contribution in [-0.4, -0.2) is 78.4 Å². The minimum absolute atomic E-state index is 0. The maximum atomic E-state index is 4.46. The van der Waals surface area contributed by atoms with Crippen molar-refractivity contribution in [2.75, 3.05) is 52.9 Å². The number of halogens is 1. The van der Waals surface area contributed by atoms with Gasteiger partial charge in [0.2, 0.25) is 0 Å². The van der Waals surface area contributed by atoms with Crippen LogP contribution < -0.4 is 10.6 Å². The number of aromatic nitrogens is 2. The van der Waals surface area contributed by atoms with Gasteiger partial charge < -0.3 is 20.4 Å². The van der Waals surface area contributed by atoms with E-state index in [9.17, 15) is 0 Å². The van der Waals surface area contributed by atoms with Crippen LogP contribution in [0.3, 0.4) is 0 Å². The largest absolute Gasteiger partial charge is 0.356 e. The molecular formula is C19H38IN7. The first kappa shape index (κ1) is 24.2. The first-order valence-electron chi connectivity index (χ1n) is 9.93. The fourth-order valence-corrected chi connectivity index (χ4v) is 3.46. The van der Waals surface area contributed by atoms with E-state index in [0.717, 1.165) is 24.7 Å². The molecule has 27 heavy (non-hydrogen) atoms. The van der Waals surface area contributed by atoms with E-state index in [1.807, 2.05) is 18.8 Å². The van der Waals surface area contributed by atoms with Crippen molar-refractivity contribution in [2.24, 2.45) is 12.0 Å². The summed E-state index contributed by atoms with van der Waals surface area (Å²) in [5.74, 6) is 0.865. The molecule has 1 saturated heterocycles. The van der Waals surface area contributed by atoms with Gasteiger partial charge in [-0.05, 0) is 39.8 Å². The topological polar surface area (TPSA) is 60.7 Å². The zero-order valence-corrected chi connectivity index (χ0v) is 20.0. The maximum absolute atomic E-state index is 4.46. The molecule has 8 heteroatoms. The normalized spacial score (nSPS) is 16.3. The Hall–Kier alpha value is -0.870. The minimum atomic E-state index is 0. The Morgan fingerprint density at radius 1 is 1.07 bits per heavy atom. The predicted octanol–water partition coefficient (Wildman–Crippen LogP) is 1.74. The number of guanidine groups is 1. The Bertz CT molecular complexity index is 577. The van der Waals surface area contributed by atoms with Crippen LogP contribution in [0.15, 0.2) is 4.99 Å². The number of likely N-dealkylation sites (N-methyl/N-ethyl adjacent to an activating group) is 1. The summed E-state index contributed by atoms with van der Waals surface area (Å²) in [6.07, 6.45) is 2.40. The third-order valence-corrected chi connectivity index (χ3v) is 5.42. The van der Waals surface area contributed by atoms with E-state index in [1.54, 1.807) is 0 Å². The van der Waals surface area contributed by atoms with Crippen LogP contribution >= 0.6 is 24.0 Å². The van der Waals surface area contributed by atoms with Gasteiger partial charge in [0.1, 0.15) is 0 Å². The molecule has 0 bridgehead atoms. The van der Waals surface area contributed by atoms with Gasteiger partial charge in [-0.1, -0.05) is 6.92 Å². The summed E-state index contributed by atoms with van der Waals surface area (Å²) in [6, 6.07) is 0. The van der Waals surface area contributed by atoms with Crippen LogP contribution in [0.4, 0.5) is 0 Å². The average Bonchev–Trinajstić information content (AvgIpc) is 2.90. The van der Waals surface area contributed by atoms with Gasteiger partial charge in [-0.15, -0.1) is 24.0 Å². The molecule has 2 N–H and O–H groups in total. The van der Waals surface area contributed by atoms with E-state index in [0.29, 0.717) is 0 Å². The highest BCUT2D eigenvalue weighted by Gasteiger charge is 2.14. The van der Waals surface area contributed by atoms with Crippen molar-refractivity contribution in [3.63, 3.8) is 0 Å². The zero-order chi connectivity index (χ0) is 18.9. The molecule has 0 aromatic carbocycles. The molecule has 0 unspecified atom stereocenters. The van der Waals surface area contributed by atoms with Crippen LogP contribution in [0.5, 0.6) is 0 Å². The van der Waals surface area contributed by atoms with Gasteiger partial charge in [0.15, 0.2) is 5.96 Å². The van der Waals surface area contributed by atoms with Crippen molar-refractivity contribution in [3.8, 4) is 0 Å². The molecule has 1 aliphatic rings. The number of nitrogens with zero attached hydrogens (tertiary/aromatic N) is 5. The zero-order valence-electron chi connectivity index (χ0n) is 17.7. The summed E-state index contributed by atoms with van der Waals surface area (Å²) in [4.78, 5) is 9.44. The van der Waals surface area contributed by atoms with Gasteiger partial charge >= 0.3 is 0 Å². The summed E-state index contributed by atoms with van der Waals surface area (Å²) in [6.45, 7) is 15.4. The second-order valence-electron chi connectivity index (χ2n) is 7.11. The lowest BCUT2D eigenvalue weighted by molar-refractivity contribution is 0.136. The van der Waals surface area contributed by atoms with Crippen molar-refractivity contribution in [1.29, 1.82) is 0 Å². The van der Waals surface area contributed by atoms with Crippen molar-refractivity contribution in [1.82, 2.24) is 30.2 Å². The standard InChI is InChI=1S/C19H37N7.HI/c1-6-25-11-13-26(14-12-25)10-8-7-9-21-19(20-4)22-15-18-16(2)23-24(5)17(18)3;/h6-15H2,1-5H3,(H2,20,21,22);1H. The fourth-order valence-electron chi connectivity index (χ4n) is 3.46. The summed E-state index contributed by atoms with van der Waals surface area (Å²) >= 11 is 0. The maximum Gasteiger partial charge on any atom is 0.191 e.